The molecule has 2 aromatic heterocycles. The van der Waals surface area contributed by atoms with Gasteiger partial charge in [-0.1, -0.05) is 0 Å². The zero-order valence-electron chi connectivity index (χ0n) is 19.6. The summed E-state index contributed by atoms with van der Waals surface area (Å²) < 4.78 is 31.7. The summed E-state index contributed by atoms with van der Waals surface area (Å²) in [6.07, 6.45) is 3.07. The van der Waals surface area contributed by atoms with Crippen LogP contribution in [0.3, 0.4) is 0 Å². The lowest BCUT2D eigenvalue weighted by Crippen LogP contribution is -2.03. The second kappa shape index (κ2) is 9.63. The fourth-order valence-electron chi connectivity index (χ4n) is 3.81. The predicted molar refractivity (Wildman–Crippen MR) is 140 cm³/mol. The van der Waals surface area contributed by atoms with Gasteiger partial charge in [0.1, 0.15) is 17.9 Å². The van der Waals surface area contributed by atoms with Crippen molar-refractivity contribution in [1.29, 1.82) is 0 Å². The number of ether oxygens (including phenoxy) is 1. The van der Waals surface area contributed by atoms with E-state index in [0.717, 1.165) is 39.4 Å². The van der Waals surface area contributed by atoms with E-state index in [-0.39, 0.29) is 9.79 Å². The van der Waals surface area contributed by atoms with E-state index in [4.69, 9.17) is 4.74 Å². The van der Waals surface area contributed by atoms with Gasteiger partial charge >= 0.3 is 0 Å². The van der Waals surface area contributed by atoms with E-state index in [1.54, 1.807) is 67.9 Å². The maximum absolute atomic E-state index is 13.2. The van der Waals surface area contributed by atoms with Gasteiger partial charge in [0.2, 0.25) is 9.84 Å². The highest BCUT2D eigenvalue weighted by atomic mass is 32.2. The second-order valence-corrected chi connectivity index (χ2v) is 10.0. The first-order chi connectivity index (χ1) is 17.4. The highest BCUT2D eigenvalue weighted by molar-refractivity contribution is 7.91. The summed E-state index contributed by atoms with van der Waals surface area (Å²) in [7, 11) is -2.05. The predicted octanol–water partition coefficient (Wildman–Crippen LogP) is 5.66. The molecule has 8 nitrogen and oxygen atoms in total. The molecule has 0 aliphatic heterocycles. The topological polar surface area (TPSA) is 106 Å². The Hall–Kier alpha value is -4.50. The number of methoxy groups -OCH3 is 1. The fraction of sp³-hybridized carbons (Fsp3) is 0.0741. The molecule has 0 saturated carbocycles. The Labute approximate surface area is 209 Å². The van der Waals surface area contributed by atoms with E-state index in [2.05, 4.69) is 25.6 Å². The lowest BCUT2D eigenvalue weighted by Gasteiger charge is -2.13. The van der Waals surface area contributed by atoms with Crippen molar-refractivity contribution in [3.63, 3.8) is 0 Å². The molecule has 180 valence electrons. The molecule has 0 saturated heterocycles. The number of sulfone groups is 1. The van der Waals surface area contributed by atoms with E-state index in [9.17, 15) is 8.42 Å². The van der Waals surface area contributed by atoms with E-state index >= 15 is 0 Å². The molecule has 36 heavy (non-hydrogen) atoms. The molecule has 0 amide bonds. The minimum atomic E-state index is -3.68. The molecule has 5 aromatic rings. The summed E-state index contributed by atoms with van der Waals surface area (Å²) in [6.45, 7) is 1.93. The second-order valence-electron chi connectivity index (χ2n) is 8.09. The molecule has 0 spiro atoms. The number of anilines is 4. The Balaban J connectivity index is 1.37. The van der Waals surface area contributed by atoms with E-state index in [1.807, 2.05) is 31.2 Å². The number of nitrogens with one attached hydrogen (secondary N) is 2. The highest BCUT2D eigenvalue weighted by Crippen LogP contribution is 2.31. The molecule has 2 N–H and O–H groups in total. The van der Waals surface area contributed by atoms with Crippen molar-refractivity contribution < 1.29 is 13.2 Å². The Bertz CT molecular complexity index is 1620. The van der Waals surface area contributed by atoms with Gasteiger partial charge in [-0.25, -0.2) is 18.4 Å². The third-order valence-corrected chi connectivity index (χ3v) is 7.39. The van der Waals surface area contributed by atoms with Gasteiger partial charge in [0.15, 0.2) is 0 Å². The van der Waals surface area contributed by atoms with Crippen LogP contribution in [0.25, 0.3) is 10.9 Å². The number of pyridine rings is 1. The molecule has 0 fully saturated rings. The molecule has 9 heteroatoms. The SMILES string of the molecule is COc1ccc2nc(C)cc(Nc3ccc(S(=O)(=O)c4ccc(Nc5ccncn5)cc4)cc3)c2c1. The molecule has 0 radical (unpaired) electrons. The molecule has 0 atom stereocenters. The maximum Gasteiger partial charge on any atom is 0.206 e. The molecule has 2 heterocycles. The molecule has 0 bridgehead atoms. The Morgan fingerprint density at radius 2 is 1.47 bits per heavy atom. The Morgan fingerprint density at radius 3 is 2.08 bits per heavy atom. The van der Waals surface area contributed by atoms with Crippen LogP contribution in [0.15, 0.2) is 101 Å². The van der Waals surface area contributed by atoms with Crippen LogP contribution in [-0.4, -0.2) is 30.5 Å². The highest BCUT2D eigenvalue weighted by Gasteiger charge is 2.18. The minimum Gasteiger partial charge on any atom is -0.497 e. The van der Waals surface area contributed by atoms with Crippen molar-refractivity contribution >= 4 is 43.6 Å². The smallest absolute Gasteiger partial charge is 0.206 e. The van der Waals surface area contributed by atoms with E-state index in [0.29, 0.717) is 5.82 Å². The van der Waals surface area contributed by atoms with Gasteiger partial charge in [-0.3, -0.25) is 4.98 Å². The van der Waals surface area contributed by atoms with Gasteiger partial charge in [0.05, 0.1) is 22.4 Å². The summed E-state index contributed by atoms with van der Waals surface area (Å²) >= 11 is 0. The fourth-order valence-corrected chi connectivity index (χ4v) is 5.07. The first kappa shape index (κ1) is 23.3. The third-order valence-electron chi connectivity index (χ3n) is 5.61. The number of fused-ring (bicyclic) bond motifs is 1. The van der Waals surface area contributed by atoms with Gasteiger partial charge in [-0.2, -0.15) is 0 Å². The summed E-state index contributed by atoms with van der Waals surface area (Å²) in [5, 5.41) is 7.40. The lowest BCUT2D eigenvalue weighted by molar-refractivity contribution is 0.415. The van der Waals surface area contributed by atoms with Crippen molar-refractivity contribution in [3.8, 4) is 5.75 Å². The van der Waals surface area contributed by atoms with Gasteiger partial charge in [-0.15, -0.1) is 0 Å². The summed E-state index contributed by atoms with van der Waals surface area (Å²) in [6, 6.07) is 22.6. The molecule has 5 rings (SSSR count). The summed E-state index contributed by atoms with van der Waals surface area (Å²) in [5.74, 6) is 1.36. The normalized spacial score (nSPS) is 11.3. The van der Waals surface area contributed by atoms with Gasteiger partial charge in [0.25, 0.3) is 0 Å². The molecular formula is C27H23N5O3S. The molecule has 0 unspecified atom stereocenters. The number of aromatic nitrogens is 3. The quantitative estimate of drug-likeness (QED) is 0.297. The third kappa shape index (κ3) is 4.82. The monoisotopic (exact) mass is 497 g/mol. The Morgan fingerprint density at radius 1 is 0.806 bits per heavy atom. The number of aryl methyl sites for hydroxylation is 1. The maximum atomic E-state index is 13.2. The average Bonchev–Trinajstić information content (AvgIpc) is 2.90. The van der Waals surface area contributed by atoms with Crippen LogP contribution in [0.2, 0.25) is 0 Å². The van der Waals surface area contributed by atoms with Crippen LogP contribution < -0.4 is 15.4 Å². The lowest BCUT2D eigenvalue weighted by atomic mass is 10.1. The molecule has 3 aromatic carbocycles. The number of nitrogens with zero attached hydrogens (tertiary/aromatic N) is 3. The average molecular weight is 498 g/mol. The molecular weight excluding hydrogens is 474 g/mol. The van der Waals surface area contributed by atoms with Crippen LogP contribution in [-0.2, 0) is 9.84 Å². The molecule has 0 aliphatic carbocycles. The zero-order chi connectivity index (χ0) is 25.1. The van der Waals surface area contributed by atoms with Crippen LogP contribution in [0.1, 0.15) is 5.69 Å². The van der Waals surface area contributed by atoms with Crippen molar-refractivity contribution in [1.82, 2.24) is 15.0 Å². The van der Waals surface area contributed by atoms with Gasteiger partial charge < -0.3 is 15.4 Å². The van der Waals surface area contributed by atoms with Crippen molar-refractivity contribution in [2.75, 3.05) is 17.7 Å². The zero-order valence-corrected chi connectivity index (χ0v) is 20.5. The number of rotatable bonds is 7. The van der Waals surface area contributed by atoms with Gasteiger partial charge in [-0.05, 0) is 85.8 Å². The van der Waals surface area contributed by atoms with E-state index in [1.165, 1.54) is 6.33 Å². The van der Waals surface area contributed by atoms with Crippen LogP contribution in [0.4, 0.5) is 22.9 Å². The van der Waals surface area contributed by atoms with Gasteiger partial charge in [0, 0.05) is 34.3 Å². The summed E-state index contributed by atoms with van der Waals surface area (Å²) in [5.41, 5.74) is 4.05. The minimum absolute atomic E-state index is 0.208. The first-order valence-corrected chi connectivity index (χ1v) is 12.6. The van der Waals surface area contributed by atoms with Crippen molar-refractivity contribution in [2.24, 2.45) is 0 Å². The molecule has 0 aliphatic rings. The standard InChI is InChI=1S/C27H23N5O3S/c1-18-15-26(24-16-21(35-2)7-12-25(24)30-18)31-19-3-8-22(9-4-19)36(33,34)23-10-5-20(6-11-23)32-27-13-14-28-17-29-27/h3-17H,1-2H3,(H,30,31)(H,28,29,32). The number of hydrogen-bond donors (Lipinski definition) is 2. The first-order valence-electron chi connectivity index (χ1n) is 11.1. The van der Waals surface area contributed by atoms with Crippen LogP contribution in [0.5, 0.6) is 5.75 Å². The van der Waals surface area contributed by atoms with Crippen LogP contribution >= 0.6 is 0 Å². The van der Waals surface area contributed by atoms with Crippen molar-refractivity contribution in [2.45, 2.75) is 16.7 Å². The number of benzene rings is 3. The number of hydrogen-bond acceptors (Lipinski definition) is 8. The Kier molecular flexibility index (Phi) is 6.22. The van der Waals surface area contributed by atoms with E-state index < -0.39 is 9.84 Å². The summed E-state index contributed by atoms with van der Waals surface area (Å²) in [4.78, 5) is 13.0. The largest absolute Gasteiger partial charge is 0.497 e. The van der Waals surface area contributed by atoms with Crippen molar-refractivity contribution in [3.05, 3.63) is 97.1 Å². The van der Waals surface area contributed by atoms with Crippen LogP contribution in [0, 0.1) is 6.92 Å².